The maximum Gasteiger partial charge on any atom is 0.186 e. The quantitative estimate of drug-likeness (QED) is 0.857. The number of rotatable bonds is 4. The van der Waals surface area contributed by atoms with Crippen molar-refractivity contribution in [1.29, 1.82) is 0 Å². The summed E-state index contributed by atoms with van der Waals surface area (Å²) in [5.41, 5.74) is -0.762. The minimum Gasteiger partial charge on any atom is -0.387 e. The highest BCUT2D eigenvalue weighted by atomic mass is 16.7. The molecular formula is C18H36O5. The van der Waals surface area contributed by atoms with Gasteiger partial charge in [0.25, 0.3) is 0 Å². The van der Waals surface area contributed by atoms with Crippen molar-refractivity contribution in [2.45, 2.75) is 98.1 Å². The third-order valence-corrected chi connectivity index (χ3v) is 3.09. The lowest BCUT2D eigenvalue weighted by Crippen LogP contribution is -2.58. The largest absolute Gasteiger partial charge is 0.387 e. The maximum absolute atomic E-state index is 10.7. The van der Waals surface area contributed by atoms with Crippen molar-refractivity contribution in [3.63, 3.8) is 0 Å². The molecule has 0 amide bonds. The van der Waals surface area contributed by atoms with Crippen LogP contribution in [0.15, 0.2) is 0 Å². The predicted octanol–water partition coefficient (Wildman–Crippen LogP) is 3.13. The normalized spacial score (nSPS) is 30.5. The first kappa shape index (κ1) is 20.8. The topological polar surface area (TPSA) is 57.2 Å². The van der Waals surface area contributed by atoms with E-state index in [0.717, 1.165) is 0 Å². The highest BCUT2D eigenvalue weighted by Gasteiger charge is 2.45. The summed E-state index contributed by atoms with van der Waals surface area (Å²) >= 11 is 0. The van der Waals surface area contributed by atoms with Crippen LogP contribution >= 0.6 is 0 Å². The van der Waals surface area contributed by atoms with Crippen molar-refractivity contribution in [2.75, 3.05) is 13.2 Å². The van der Waals surface area contributed by atoms with E-state index in [2.05, 4.69) is 20.8 Å². The fourth-order valence-electron chi connectivity index (χ4n) is 2.32. The summed E-state index contributed by atoms with van der Waals surface area (Å²) in [5.74, 6) is 0. The number of hydrogen-bond donors (Lipinski definition) is 1. The molecule has 0 bridgehead atoms. The molecule has 0 aromatic heterocycles. The SMILES string of the molecule is CC(C)(C)COC1OCC(OC(C)(C)C)C(O)C1OC(C)(C)C. The maximum atomic E-state index is 10.7. The number of ether oxygens (including phenoxy) is 4. The van der Waals surface area contributed by atoms with Crippen LogP contribution in [0.5, 0.6) is 0 Å². The Labute approximate surface area is 141 Å². The van der Waals surface area contributed by atoms with Gasteiger partial charge in [0.15, 0.2) is 6.29 Å². The molecule has 138 valence electrons. The van der Waals surface area contributed by atoms with Crippen LogP contribution in [0, 0.1) is 5.41 Å². The van der Waals surface area contributed by atoms with Crippen molar-refractivity contribution >= 4 is 0 Å². The molecule has 5 heteroatoms. The molecule has 1 N–H and O–H groups in total. The molecule has 1 rings (SSSR count). The van der Waals surface area contributed by atoms with Gasteiger partial charge in [-0.1, -0.05) is 20.8 Å². The van der Waals surface area contributed by atoms with Gasteiger partial charge in [0.2, 0.25) is 0 Å². The highest BCUT2D eigenvalue weighted by Crippen LogP contribution is 2.29. The van der Waals surface area contributed by atoms with Gasteiger partial charge in [0.05, 0.1) is 24.4 Å². The van der Waals surface area contributed by atoms with E-state index in [4.69, 9.17) is 18.9 Å². The third kappa shape index (κ3) is 7.94. The molecule has 4 atom stereocenters. The number of aliphatic hydroxyl groups excluding tert-OH is 1. The Hall–Kier alpha value is -0.200. The molecule has 0 aliphatic carbocycles. The molecule has 1 heterocycles. The minimum atomic E-state index is -0.799. The number of aliphatic hydroxyl groups is 1. The van der Waals surface area contributed by atoms with E-state index < -0.39 is 30.2 Å². The van der Waals surface area contributed by atoms with Crippen LogP contribution in [0.1, 0.15) is 62.3 Å². The third-order valence-electron chi connectivity index (χ3n) is 3.09. The van der Waals surface area contributed by atoms with Crippen molar-refractivity contribution in [3.8, 4) is 0 Å². The molecule has 1 aliphatic rings. The van der Waals surface area contributed by atoms with Crippen LogP contribution in [0.4, 0.5) is 0 Å². The first-order chi connectivity index (χ1) is 10.2. The van der Waals surface area contributed by atoms with Crippen molar-refractivity contribution in [3.05, 3.63) is 0 Å². The average Bonchev–Trinajstić information content (AvgIpc) is 2.29. The Bertz CT molecular complexity index is 359. The highest BCUT2D eigenvalue weighted by molar-refractivity contribution is 4.88. The first-order valence-corrected chi connectivity index (χ1v) is 8.45. The molecule has 1 fully saturated rings. The second-order valence-corrected chi connectivity index (χ2v) is 9.53. The lowest BCUT2D eigenvalue weighted by atomic mass is 9.98. The molecule has 0 aromatic carbocycles. The fourth-order valence-corrected chi connectivity index (χ4v) is 2.32. The van der Waals surface area contributed by atoms with Gasteiger partial charge in [-0.15, -0.1) is 0 Å². The van der Waals surface area contributed by atoms with Gasteiger partial charge in [0.1, 0.15) is 18.3 Å². The Balaban J connectivity index is 2.83. The smallest absolute Gasteiger partial charge is 0.186 e. The van der Waals surface area contributed by atoms with Gasteiger partial charge >= 0.3 is 0 Å². The van der Waals surface area contributed by atoms with Gasteiger partial charge in [-0.25, -0.2) is 0 Å². The van der Waals surface area contributed by atoms with Gasteiger partial charge in [0, 0.05) is 0 Å². The van der Waals surface area contributed by atoms with E-state index in [9.17, 15) is 5.11 Å². The molecule has 0 aromatic rings. The van der Waals surface area contributed by atoms with Gasteiger partial charge in [-0.05, 0) is 47.0 Å². The molecule has 4 unspecified atom stereocenters. The predicted molar refractivity (Wildman–Crippen MR) is 90.4 cm³/mol. The Morgan fingerprint density at radius 1 is 0.913 bits per heavy atom. The molecule has 0 saturated carbocycles. The van der Waals surface area contributed by atoms with E-state index in [1.807, 2.05) is 41.5 Å². The lowest BCUT2D eigenvalue weighted by Gasteiger charge is -2.44. The molecule has 0 radical (unpaired) electrons. The second kappa shape index (κ2) is 7.36. The summed E-state index contributed by atoms with van der Waals surface area (Å²) < 4.78 is 23.7. The zero-order valence-corrected chi connectivity index (χ0v) is 16.3. The monoisotopic (exact) mass is 332 g/mol. The Morgan fingerprint density at radius 2 is 1.43 bits per heavy atom. The molecule has 1 saturated heterocycles. The van der Waals surface area contributed by atoms with Gasteiger partial charge < -0.3 is 24.1 Å². The summed E-state index contributed by atoms with van der Waals surface area (Å²) in [4.78, 5) is 0. The second-order valence-electron chi connectivity index (χ2n) is 9.53. The van der Waals surface area contributed by atoms with Gasteiger partial charge in [-0.2, -0.15) is 0 Å². The standard InChI is InChI=1S/C18H36O5/c1-16(2,3)11-21-15-14(23-18(7,8)9)13(19)12(10-20-15)22-17(4,5)6/h12-15,19H,10-11H2,1-9H3. The Morgan fingerprint density at radius 3 is 1.87 bits per heavy atom. The van der Waals surface area contributed by atoms with Crippen LogP contribution in [-0.4, -0.2) is 54.1 Å². The fraction of sp³-hybridized carbons (Fsp3) is 1.00. The molecule has 0 spiro atoms. The van der Waals surface area contributed by atoms with Crippen LogP contribution in [0.25, 0.3) is 0 Å². The zero-order chi connectivity index (χ0) is 18.1. The van der Waals surface area contributed by atoms with Crippen molar-refractivity contribution in [2.24, 2.45) is 5.41 Å². The Kier molecular flexibility index (Phi) is 6.67. The van der Waals surface area contributed by atoms with E-state index in [0.29, 0.717) is 6.61 Å². The first-order valence-electron chi connectivity index (χ1n) is 8.45. The minimum absolute atomic E-state index is 0.0132. The van der Waals surface area contributed by atoms with Crippen LogP contribution < -0.4 is 0 Å². The van der Waals surface area contributed by atoms with Crippen LogP contribution in [-0.2, 0) is 18.9 Å². The summed E-state index contributed by atoms with van der Waals surface area (Å²) in [6.45, 7) is 18.8. The molecule has 1 aliphatic heterocycles. The number of hydrogen-bond acceptors (Lipinski definition) is 5. The molecule has 23 heavy (non-hydrogen) atoms. The van der Waals surface area contributed by atoms with E-state index in [1.165, 1.54) is 0 Å². The lowest BCUT2D eigenvalue weighted by molar-refractivity contribution is -0.313. The van der Waals surface area contributed by atoms with Crippen LogP contribution in [0.3, 0.4) is 0 Å². The summed E-state index contributed by atoms with van der Waals surface area (Å²) in [5, 5.41) is 10.7. The van der Waals surface area contributed by atoms with Crippen molar-refractivity contribution < 1.29 is 24.1 Å². The van der Waals surface area contributed by atoms with E-state index >= 15 is 0 Å². The zero-order valence-electron chi connectivity index (χ0n) is 16.3. The van der Waals surface area contributed by atoms with Crippen molar-refractivity contribution in [1.82, 2.24) is 0 Å². The van der Waals surface area contributed by atoms with E-state index in [-0.39, 0.29) is 17.6 Å². The summed E-state index contributed by atoms with van der Waals surface area (Å²) in [6, 6.07) is 0. The van der Waals surface area contributed by atoms with E-state index in [1.54, 1.807) is 0 Å². The molecular weight excluding hydrogens is 296 g/mol. The average molecular weight is 332 g/mol. The molecule has 5 nitrogen and oxygen atoms in total. The summed E-state index contributed by atoms with van der Waals surface area (Å²) in [7, 11) is 0. The van der Waals surface area contributed by atoms with Gasteiger partial charge in [-0.3, -0.25) is 0 Å². The summed E-state index contributed by atoms with van der Waals surface area (Å²) in [6.07, 6.45) is -2.41. The van der Waals surface area contributed by atoms with Crippen LogP contribution in [0.2, 0.25) is 0 Å².